The summed E-state index contributed by atoms with van der Waals surface area (Å²) in [6, 6.07) is 11.7. The van der Waals surface area contributed by atoms with Gasteiger partial charge < -0.3 is 30.0 Å². The number of benzene rings is 1. The third-order valence-electron chi connectivity index (χ3n) is 5.40. The summed E-state index contributed by atoms with van der Waals surface area (Å²) in [5.41, 5.74) is 7.72. The lowest BCUT2D eigenvalue weighted by Crippen LogP contribution is -2.25. The van der Waals surface area contributed by atoms with Gasteiger partial charge in [0.25, 0.3) is 0 Å². The molecule has 0 bridgehead atoms. The molecule has 4 N–H and O–H groups in total. The summed E-state index contributed by atoms with van der Waals surface area (Å²) in [6.07, 6.45) is 5.79. The van der Waals surface area contributed by atoms with Crippen molar-refractivity contribution < 1.29 is 24.1 Å². The standard InChI is InChI=1S/C18H21FN4O2.C8H6N2O2.ClH/c1-3-23(13-4-7-18(21)22-9-13)10-15-14(8-20)16(19)5-6-17(15)25-12(2)11-24;11-8(12)6-4-9-7-2-1-3-10(7)5-6;/h4-7,9,12,24H,3,10-11H2,1-2H3,(H2,21,22);1-5H,(H,11,12);1H/t12-;;/m0../s1. The second-order valence-corrected chi connectivity index (χ2v) is 8.00. The molecular formula is C26H28ClFN6O4. The minimum atomic E-state index is -0.960. The van der Waals surface area contributed by atoms with E-state index in [0.717, 1.165) is 11.3 Å². The number of rotatable bonds is 8. The fourth-order valence-electron chi connectivity index (χ4n) is 3.44. The van der Waals surface area contributed by atoms with Crippen molar-refractivity contribution in [1.82, 2.24) is 14.4 Å². The number of carbonyl (C=O) groups is 1. The largest absolute Gasteiger partial charge is 0.488 e. The summed E-state index contributed by atoms with van der Waals surface area (Å²) < 4.78 is 21.4. The molecule has 1 atom stereocenters. The minimum Gasteiger partial charge on any atom is -0.488 e. The lowest BCUT2D eigenvalue weighted by Gasteiger charge is -2.25. The molecule has 0 radical (unpaired) electrons. The number of anilines is 2. The van der Waals surface area contributed by atoms with Crippen LogP contribution in [0, 0.1) is 17.1 Å². The van der Waals surface area contributed by atoms with Gasteiger partial charge in [-0.15, -0.1) is 12.4 Å². The number of carboxylic acids is 1. The van der Waals surface area contributed by atoms with E-state index in [1.165, 1.54) is 24.5 Å². The first-order valence-corrected chi connectivity index (χ1v) is 11.4. The van der Waals surface area contributed by atoms with Crippen LogP contribution in [0.15, 0.2) is 61.2 Å². The number of fused-ring (bicyclic) bond motifs is 1. The summed E-state index contributed by atoms with van der Waals surface area (Å²) >= 11 is 0. The number of nitrogens with two attached hydrogens (primary N) is 1. The van der Waals surface area contributed by atoms with Gasteiger partial charge in [-0.05, 0) is 50.2 Å². The number of nitriles is 1. The molecule has 0 aliphatic carbocycles. The molecule has 0 unspecified atom stereocenters. The number of carboxylic acid groups (broad SMARTS) is 1. The van der Waals surface area contributed by atoms with Crippen LogP contribution < -0.4 is 15.4 Å². The van der Waals surface area contributed by atoms with E-state index in [1.54, 1.807) is 29.8 Å². The van der Waals surface area contributed by atoms with Gasteiger partial charge in [-0.1, -0.05) is 0 Å². The van der Waals surface area contributed by atoms with Crippen molar-refractivity contribution in [3.05, 3.63) is 83.7 Å². The number of aromatic carboxylic acids is 1. The molecule has 3 heterocycles. The highest BCUT2D eigenvalue weighted by molar-refractivity contribution is 5.87. The molecule has 10 nitrogen and oxygen atoms in total. The van der Waals surface area contributed by atoms with Crippen LogP contribution in [0.25, 0.3) is 5.65 Å². The number of hydrogen-bond donors (Lipinski definition) is 3. The maximum atomic E-state index is 14.1. The molecule has 0 saturated heterocycles. The Hall–Kier alpha value is -4.40. The van der Waals surface area contributed by atoms with Crippen LogP contribution in [0.2, 0.25) is 0 Å². The van der Waals surface area contributed by atoms with Gasteiger partial charge >= 0.3 is 5.97 Å². The molecule has 0 amide bonds. The van der Waals surface area contributed by atoms with Gasteiger partial charge in [-0.3, -0.25) is 0 Å². The number of ether oxygens (including phenoxy) is 1. The molecule has 12 heteroatoms. The maximum Gasteiger partial charge on any atom is 0.338 e. The number of halogens is 2. The van der Waals surface area contributed by atoms with Gasteiger partial charge in [0, 0.05) is 37.2 Å². The van der Waals surface area contributed by atoms with Gasteiger partial charge in [0.15, 0.2) is 0 Å². The van der Waals surface area contributed by atoms with Crippen molar-refractivity contribution >= 4 is 35.5 Å². The summed E-state index contributed by atoms with van der Waals surface area (Å²) in [4.78, 5) is 20.5. The Morgan fingerprint density at radius 1 is 1.26 bits per heavy atom. The molecule has 1 aromatic carbocycles. The first-order valence-electron chi connectivity index (χ1n) is 11.4. The van der Waals surface area contributed by atoms with E-state index in [4.69, 9.17) is 15.6 Å². The van der Waals surface area contributed by atoms with Crippen molar-refractivity contribution in [3.8, 4) is 11.8 Å². The maximum absolute atomic E-state index is 14.1. The fourth-order valence-corrected chi connectivity index (χ4v) is 3.44. The van der Waals surface area contributed by atoms with E-state index in [2.05, 4.69) is 9.97 Å². The van der Waals surface area contributed by atoms with Crippen LogP contribution in [0.4, 0.5) is 15.9 Å². The van der Waals surface area contributed by atoms with E-state index in [1.807, 2.05) is 36.1 Å². The summed E-state index contributed by atoms with van der Waals surface area (Å²) in [7, 11) is 0. The van der Waals surface area contributed by atoms with E-state index < -0.39 is 17.9 Å². The number of aromatic nitrogens is 3. The monoisotopic (exact) mass is 542 g/mol. The van der Waals surface area contributed by atoms with Crippen molar-refractivity contribution in [2.45, 2.75) is 26.5 Å². The second kappa shape index (κ2) is 13.8. The number of hydrogen-bond acceptors (Lipinski definition) is 8. The minimum absolute atomic E-state index is 0. The quantitative estimate of drug-likeness (QED) is 0.301. The topological polar surface area (TPSA) is 150 Å². The van der Waals surface area contributed by atoms with Crippen molar-refractivity contribution in [2.24, 2.45) is 0 Å². The highest BCUT2D eigenvalue weighted by Gasteiger charge is 2.19. The highest BCUT2D eigenvalue weighted by atomic mass is 35.5. The van der Waals surface area contributed by atoms with Gasteiger partial charge in [-0.25, -0.2) is 19.2 Å². The number of aliphatic hydroxyl groups is 1. The molecule has 0 saturated carbocycles. The normalized spacial score (nSPS) is 10.9. The molecule has 4 aromatic rings. The average Bonchev–Trinajstić information content (AvgIpc) is 3.37. The molecule has 38 heavy (non-hydrogen) atoms. The van der Waals surface area contributed by atoms with E-state index >= 15 is 0 Å². The Labute approximate surface area is 225 Å². The van der Waals surface area contributed by atoms with E-state index in [9.17, 15) is 19.6 Å². The lowest BCUT2D eigenvalue weighted by molar-refractivity contribution is 0.0696. The number of pyridine rings is 1. The zero-order valence-corrected chi connectivity index (χ0v) is 21.6. The highest BCUT2D eigenvalue weighted by Crippen LogP contribution is 2.29. The Bertz CT molecular complexity index is 1410. The Kier molecular flexibility index (Phi) is 10.8. The van der Waals surface area contributed by atoms with Crippen molar-refractivity contribution in [2.75, 3.05) is 23.8 Å². The fraction of sp³-hybridized carbons (Fsp3) is 0.231. The second-order valence-electron chi connectivity index (χ2n) is 8.00. The molecule has 200 valence electrons. The average molecular weight is 543 g/mol. The Morgan fingerprint density at radius 3 is 2.63 bits per heavy atom. The molecule has 0 fully saturated rings. The Balaban J connectivity index is 0.000000325. The van der Waals surface area contributed by atoms with Gasteiger partial charge in [0.1, 0.15) is 35.2 Å². The van der Waals surface area contributed by atoms with Crippen LogP contribution in [0.3, 0.4) is 0 Å². The van der Waals surface area contributed by atoms with Crippen LogP contribution in [0.5, 0.6) is 5.75 Å². The smallest absolute Gasteiger partial charge is 0.338 e. The summed E-state index contributed by atoms with van der Waals surface area (Å²) in [6.45, 7) is 4.33. The van der Waals surface area contributed by atoms with Gasteiger partial charge in [0.05, 0.1) is 29.6 Å². The predicted octanol–water partition coefficient (Wildman–Crippen LogP) is 3.91. The summed E-state index contributed by atoms with van der Waals surface area (Å²) in [5, 5.41) is 27.2. The first kappa shape index (κ1) is 29.8. The molecule has 0 spiro atoms. The number of aliphatic hydroxyl groups excluding tert-OH is 1. The SMILES string of the molecule is CCN(Cc1c(O[C@@H](C)CO)ccc(F)c1C#N)c1ccc(N)nc1.Cl.O=C(O)c1cnc2cccn2c1. The van der Waals surface area contributed by atoms with Gasteiger partial charge in [-0.2, -0.15) is 5.26 Å². The number of nitrogens with zero attached hydrogens (tertiary/aromatic N) is 5. The van der Waals surface area contributed by atoms with E-state index in [0.29, 0.717) is 23.7 Å². The molecule has 0 aliphatic heterocycles. The van der Waals surface area contributed by atoms with Crippen LogP contribution in [0.1, 0.15) is 35.3 Å². The molecule has 3 aromatic heterocycles. The first-order chi connectivity index (χ1) is 17.8. The number of nitrogen functional groups attached to an aromatic ring is 1. The van der Waals surface area contributed by atoms with Crippen molar-refractivity contribution in [3.63, 3.8) is 0 Å². The zero-order valence-electron chi connectivity index (χ0n) is 20.8. The predicted molar refractivity (Wildman–Crippen MR) is 143 cm³/mol. The molecule has 4 rings (SSSR count). The van der Waals surface area contributed by atoms with Crippen LogP contribution in [-0.4, -0.2) is 49.8 Å². The Morgan fingerprint density at radius 2 is 2.03 bits per heavy atom. The zero-order chi connectivity index (χ0) is 26.9. The lowest BCUT2D eigenvalue weighted by atomic mass is 10.1. The third-order valence-corrected chi connectivity index (χ3v) is 5.40. The van der Waals surface area contributed by atoms with Crippen LogP contribution >= 0.6 is 12.4 Å². The molecule has 0 aliphatic rings. The third kappa shape index (κ3) is 7.32. The van der Waals surface area contributed by atoms with Crippen molar-refractivity contribution in [1.29, 1.82) is 5.26 Å². The molecular weight excluding hydrogens is 515 g/mol. The van der Waals surface area contributed by atoms with E-state index in [-0.39, 0.29) is 36.7 Å². The summed E-state index contributed by atoms with van der Waals surface area (Å²) in [5.74, 6) is -0.781. The van der Waals surface area contributed by atoms with Gasteiger partial charge in [0.2, 0.25) is 0 Å². The van der Waals surface area contributed by atoms with Crippen LogP contribution in [-0.2, 0) is 6.54 Å².